The molecule has 0 saturated carbocycles. The first kappa shape index (κ1) is 15.2. The SMILES string of the molecule is COC(C)C1=[C]([Zr][C]2=C(C(C)OC)C=CC2)CC=C1. The van der Waals surface area contributed by atoms with E-state index in [9.17, 15) is 0 Å². The Morgan fingerprint density at radius 1 is 0.895 bits per heavy atom. The van der Waals surface area contributed by atoms with Crippen molar-refractivity contribution in [1.29, 1.82) is 0 Å². The van der Waals surface area contributed by atoms with Gasteiger partial charge in [-0.05, 0) is 0 Å². The minimum atomic E-state index is -0.676. The molecule has 2 nitrogen and oxygen atoms in total. The summed E-state index contributed by atoms with van der Waals surface area (Å²) in [5.41, 5.74) is 2.86. The van der Waals surface area contributed by atoms with Crippen LogP contribution in [0.3, 0.4) is 0 Å². The molecule has 0 saturated heterocycles. The van der Waals surface area contributed by atoms with Gasteiger partial charge in [0.1, 0.15) is 0 Å². The Bertz CT molecular complexity index is 415. The first-order valence-corrected chi connectivity index (χ1v) is 9.25. The van der Waals surface area contributed by atoms with Crippen LogP contribution < -0.4 is 0 Å². The fourth-order valence-electron chi connectivity index (χ4n) is 2.49. The van der Waals surface area contributed by atoms with Gasteiger partial charge in [0, 0.05) is 0 Å². The van der Waals surface area contributed by atoms with Gasteiger partial charge in [-0.25, -0.2) is 0 Å². The van der Waals surface area contributed by atoms with Gasteiger partial charge in [-0.15, -0.1) is 0 Å². The molecule has 2 aliphatic carbocycles. The van der Waals surface area contributed by atoms with Crippen molar-refractivity contribution in [2.24, 2.45) is 0 Å². The molecule has 0 aromatic rings. The van der Waals surface area contributed by atoms with Gasteiger partial charge in [-0.3, -0.25) is 0 Å². The average molecular weight is 338 g/mol. The zero-order chi connectivity index (χ0) is 13.8. The Morgan fingerprint density at radius 3 is 1.68 bits per heavy atom. The molecule has 0 amide bonds. The molecule has 2 aliphatic rings. The first-order chi connectivity index (χ1) is 9.17. The van der Waals surface area contributed by atoms with Crippen LogP contribution in [0.5, 0.6) is 0 Å². The van der Waals surface area contributed by atoms with E-state index in [4.69, 9.17) is 9.47 Å². The van der Waals surface area contributed by atoms with Gasteiger partial charge >= 0.3 is 128 Å². The standard InChI is InChI=1S/2C8H11O.Zr/c2*1-7(9-2)8-5-3-4-6-8;/h2*3,5,7H,4H2,1-2H3;. The van der Waals surface area contributed by atoms with E-state index in [1.165, 1.54) is 11.1 Å². The van der Waals surface area contributed by atoms with Crippen LogP contribution in [0.1, 0.15) is 26.7 Å². The number of hydrogen-bond acceptors (Lipinski definition) is 2. The second kappa shape index (κ2) is 6.97. The molecule has 19 heavy (non-hydrogen) atoms. The Balaban J connectivity index is 2.17. The molecular formula is C16H22O2Zr. The third kappa shape index (κ3) is 3.45. The van der Waals surface area contributed by atoms with Crippen LogP contribution in [0.4, 0.5) is 0 Å². The molecule has 0 heterocycles. The van der Waals surface area contributed by atoms with Crippen LogP contribution in [0.25, 0.3) is 0 Å². The molecule has 0 bridgehead atoms. The second-order valence-corrected chi connectivity index (χ2v) is 8.54. The van der Waals surface area contributed by atoms with Gasteiger partial charge in [-0.2, -0.15) is 0 Å². The van der Waals surface area contributed by atoms with Gasteiger partial charge < -0.3 is 0 Å². The maximum absolute atomic E-state index is 5.49. The summed E-state index contributed by atoms with van der Waals surface area (Å²) in [6, 6.07) is 0. The molecule has 0 N–H and O–H groups in total. The van der Waals surface area contributed by atoms with Crippen LogP contribution in [0.2, 0.25) is 0 Å². The van der Waals surface area contributed by atoms with E-state index in [2.05, 4.69) is 38.2 Å². The third-order valence-corrected chi connectivity index (χ3v) is 7.73. The number of ether oxygens (including phenoxy) is 2. The molecule has 0 spiro atoms. The van der Waals surface area contributed by atoms with Crippen molar-refractivity contribution in [2.75, 3.05) is 14.2 Å². The van der Waals surface area contributed by atoms with E-state index in [-0.39, 0.29) is 12.2 Å². The molecule has 2 atom stereocenters. The van der Waals surface area contributed by atoms with E-state index < -0.39 is 23.2 Å². The van der Waals surface area contributed by atoms with Crippen molar-refractivity contribution >= 4 is 0 Å². The van der Waals surface area contributed by atoms with Crippen LogP contribution >= 0.6 is 0 Å². The molecule has 102 valence electrons. The van der Waals surface area contributed by atoms with Gasteiger partial charge in [0.05, 0.1) is 0 Å². The Labute approximate surface area is 127 Å². The van der Waals surface area contributed by atoms with E-state index in [1.807, 2.05) is 0 Å². The van der Waals surface area contributed by atoms with Crippen LogP contribution in [0, 0.1) is 0 Å². The van der Waals surface area contributed by atoms with Crippen LogP contribution in [-0.2, 0) is 32.7 Å². The summed E-state index contributed by atoms with van der Waals surface area (Å²) in [5.74, 6) is 0. The van der Waals surface area contributed by atoms with Gasteiger partial charge in [0.25, 0.3) is 0 Å². The quantitative estimate of drug-likeness (QED) is 0.738. The Kier molecular flexibility index (Phi) is 5.56. The van der Waals surface area contributed by atoms with Crippen molar-refractivity contribution in [3.05, 3.63) is 42.0 Å². The fourth-order valence-corrected chi connectivity index (χ4v) is 6.58. The molecule has 2 rings (SSSR count). The van der Waals surface area contributed by atoms with Gasteiger partial charge in [0.15, 0.2) is 0 Å². The summed E-state index contributed by atoms with van der Waals surface area (Å²) in [5, 5.41) is 0. The summed E-state index contributed by atoms with van der Waals surface area (Å²) >= 11 is -0.676. The molecule has 0 aromatic carbocycles. The van der Waals surface area contributed by atoms with Crippen molar-refractivity contribution < 1.29 is 32.7 Å². The van der Waals surface area contributed by atoms with E-state index >= 15 is 0 Å². The number of methoxy groups -OCH3 is 2. The van der Waals surface area contributed by atoms with E-state index in [0.29, 0.717) is 0 Å². The maximum atomic E-state index is 5.49. The van der Waals surface area contributed by atoms with Crippen molar-refractivity contribution in [3.63, 3.8) is 0 Å². The van der Waals surface area contributed by atoms with Gasteiger partial charge in [-0.1, -0.05) is 0 Å². The topological polar surface area (TPSA) is 18.5 Å². The first-order valence-electron chi connectivity index (χ1n) is 6.79. The van der Waals surface area contributed by atoms with Crippen molar-refractivity contribution in [2.45, 2.75) is 38.9 Å². The molecular weight excluding hydrogens is 315 g/mol. The molecule has 2 unspecified atom stereocenters. The normalized spacial score (nSPS) is 21.5. The predicted octanol–water partition coefficient (Wildman–Crippen LogP) is 3.57. The van der Waals surface area contributed by atoms with Crippen molar-refractivity contribution in [1.82, 2.24) is 0 Å². The molecule has 0 fully saturated rings. The summed E-state index contributed by atoms with van der Waals surface area (Å²) < 4.78 is 14.3. The summed E-state index contributed by atoms with van der Waals surface area (Å²) in [6.07, 6.45) is 11.8. The zero-order valence-corrected chi connectivity index (χ0v) is 14.7. The Morgan fingerprint density at radius 2 is 1.32 bits per heavy atom. The monoisotopic (exact) mass is 336 g/mol. The zero-order valence-electron chi connectivity index (χ0n) is 12.2. The summed E-state index contributed by atoms with van der Waals surface area (Å²) in [7, 11) is 3.59. The minimum absolute atomic E-state index is 0.230. The Hall–Kier alpha value is -0.237. The van der Waals surface area contributed by atoms with Crippen molar-refractivity contribution in [3.8, 4) is 0 Å². The molecule has 0 aliphatic heterocycles. The second-order valence-electron chi connectivity index (χ2n) is 4.96. The third-order valence-electron chi connectivity index (χ3n) is 3.82. The van der Waals surface area contributed by atoms with Crippen LogP contribution in [-0.4, -0.2) is 26.4 Å². The van der Waals surface area contributed by atoms with E-state index in [1.54, 1.807) is 20.8 Å². The fraction of sp³-hybridized carbons (Fsp3) is 0.500. The molecule has 3 heteroatoms. The van der Waals surface area contributed by atoms with Gasteiger partial charge in [0.2, 0.25) is 0 Å². The molecule has 0 aromatic heterocycles. The number of allylic oxidation sites excluding steroid dienone is 4. The van der Waals surface area contributed by atoms with E-state index in [0.717, 1.165) is 12.8 Å². The van der Waals surface area contributed by atoms with Crippen LogP contribution in [0.15, 0.2) is 42.0 Å². The predicted molar refractivity (Wildman–Crippen MR) is 74.5 cm³/mol. The summed E-state index contributed by atoms with van der Waals surface area (Å²) in [4.78, 5) is 0. The number of hydrogen-bond donors (Lipinski definition) is 0. The summed E-state index contributed by atoms with van der Waals surface area (Å²) in [6.45, 7) is 4.29. The molecule has 0 radical (unpaired) electrons. The number of rotatable bonds is 6. The average Bonchev–Trinajstić information content (AvgIpc) is 3.06.